The molecular formula is C22H15NO9. The number of ketones is 1. The molecule has 0 unspecified atom stereocenters. The molecule has 0 aliphatic heterocycles. The number of carbonyl (C=O) groups is 4. The molecule has 2 aromatic carbocycles. The van der Waals surface area contributed by atoms with Gasteiger partial charge in [-0.25, -0.2) is 14.4 Å². The van der Waals surface area contributed by atoms with Gasteiger partial charge in [-0.15, -0.1) is 0 Å². The number of nitrogens with two attached hydrogens (primary N) is 1. The smallest absolute Gasteiger partial charge is 0.339 e. The maximum absolute atomic E-state index is 11.9. The number of phenols is 2. The van der Waals surface area contributed by atoms with Gasteiger partial charge in [-0.3, -0.25) is 4.79 Å². The molecule has 1 aliphatic rings. The zero-order chi connectivity index (χ0) is 23.7. The van der Waals surface area contributed by atoms with E-state index in [1.807, 2.05) is 0 Å². The van der Waals surface area contributed by atoms with Crippen LogP contribution in [0.1, 0.15) is 31.8 Å². The molecule has 0 amide bonds. The van der Waals surface area contributed by atoms with E-state index in [1.165, 1.54) is 18.2 Å². The number of carbonyl (C=O) groups excluding carboxylic acids is 1. The highest BCUT2D eigenvalue weighted by Crippen LogP contribution is 2.37. The van der Waals surface area contributed by atoms with Crippen molar-refractivity contribution in [1.29, 1.82) is 0 Å². The van der Waals surface area contributed by atoms with Crippen LogP contribution < -0.4 is 5.73 Å². The summed E-state index contributed by atoms with van der Waals surface area (Å²) < 4.78 is 0. The number of hydrogen-bond acceptors (Lipinski definition) is 7. The fourth-order valence-electron chi connectivity index (χ4n) is 3.18. The van der Waals surface area contributed by atoms with Crippen molar-refractivity contribution >= 4 is 35.0 Å². The van der Waals surface area contributed by atoms with Crippen molar-refractivity contribution in [2.45, 2.75) is 0 Å². The average Bonchev–Trinajstić information content (AvgIpc) is 2.72. The number of nitrogen functional groups attached to an aromatic ring is 1. The van der Waals surface area contributed by atoms with Crippen LogP contribution in [0.4, 0.5) is 5.69 Å². The van der Waals surface area contributed by atoms with Crippen LogP contribution in [0.2, 0.25) is 0 Å². The lowest BCUT2D eigenvalue weighted by Crippen LogP contribution is -2.13. The topological polar surface area (TPSA) is 195 Å². The van der Waals surface area contributed by atoms with Crippen molar-refractivity contribution in [3.8, 4) is 11.5 Å². The van der Waals surface area contributed by atoms with E-state index in [0.717, 1.165) is 30.4 Å². The molecule has 0 spiro atoms. The SMILES string of the molecule is Nc1cc(C(=C2C=CC(=O)C(C(=O)O)=C2)c2ccc(O)c(C(=O)O)c2)cc(C(=O)O)c1O. The summed E-state index contributed by atoms with van der Waals surface area (Å²) in [5, 5.41) is 47.9. The molecule has 0 fully saturated rings. The molecule has 1 aliphatic carbocycles. The third-order valence-electron chi connectivity index (χ3n) is 4.67. The lowest BCUT2D eigenvalue weighted by atomic mass is 9.87. The number of carboxylic acid groups (broad SMARTS) is 3. The van der Waals surface area contributed by atoms with Crippen molar-refractivity contribution in [2.24, 2.45) is 0 Å². The predicted molar refractivity (Wildman–Crippen MR) is 110 cm³/mol. The largest absolute Gasteiger partial charge is 0.507 e. The molecule has 0 aromatic heterocycles. The van der Waals surface area contributed by atoms with Gasteiger partial charge >= 0.3 is 17.9 Å². The minimum absolute atomic E-state index is 0.0923. The Morgan fingerprint density at radius 2 is 1.41 bits per heavy atom. The first-order valence-electron chi connectivity index (χ1n) is 8.85. The zero-order valence-corrected chi connectivity index (χ0v) is 16.1. The minimum atomic E-state index is -1.50. The van der Waals surface area contributed by atoms with Crippen LogP contribution in [0.3, 0.4) is 0 Å². The molecule has 10 nitrogen and oxygen atoms in total. The standard InChI is InChI=1S/C22H15NO9/c23-15-8-11(7-14(19(15)26)22(31)32)18(9-1-3-16(24)12(5-9)20(27)28)10-2-4-17(25)13(6-10)21(29)30/h1-8,24,26H,23H2,(H,27,28)(H,29,30)(H,31,32). The Kier molecular flexibility index (Phi) is 5.53. The summed E-state index contributed by atoms with van der Waals surface area (Å²) in [5.41, 5.74) is 4.36. The van der Waals surface area contributed by atoms with Gasteiger partial charge in [0.2, 0.25) is 0 Å². The predicted octanol–water partition coefficient (Wildman–Crippen LogP) is 2.03. The summed E-state index contributed by atoms with van der Waals surface area (Å²) in [6, 6.07) is 5.81. The molecule has 7 N–H and O–H groups in total. The molecule has 162 valence electrons. The van der Waals surface area contributed by atoms with Gasteiger partial charge in [-0.2, -0.15) is 0 Å². The maximum atomic E-state index is 11.9. The number of benzene rings is 2. The van der Waals surface area contributed by atoms with Crippen molar-refractivity contribution in [3.05, 3.63) is 82.0 Å². The van der Waals surface area contributed by atoms with E-state index in [9.17, 15) is 44.7 Å². The second kappa shape index (κ2) is 8.11. The van der Waals surface area contributed by atoms with Gasteiger partial charge in [0, 0.05) is 0 Å². The normalized spacial score (nSPS) is 14.6. The third kappa shape index (κ3) is 3.92. The van der Waals surface area contributed by atoms with Gasteiger partial charge in [0.1, 0.15) is 22.4 Å². The highest BCUT2D eigenvalue weighted by molar-refractivity contribution is 6.23. The fourth-order valence-corrected chi connectivity index (χ4v) is 3.18. The summed E-state index contributed by atoms with van der Waals surface area (Å²) in [4.78, 5) is 46.4. The van der Waals surface area contributed by atoms with Crippen LogP contribution in [-0.2, 0) is 9.59 Å². The molecule has 0 radical (unpaired) electrons. The fraction of sp³-hybridized carbons (Fsp3) is 0. The van der Waals surface area contributed by atoms with E-state index < -0.39 is 51.9 Å². The number of allylic oxidation sites excluding steroid dienone is 4. The molecule has 0 saturated carbocycles. The molecule has 0 bridgehead atoms. The van der Waals surface area contributed by atoms with Gasteiger partial charge in [-0.1, -0.05) is 12.1 Å². The highest BCUT2D eigenvalue weighted by Gasteiger charge is 2.24. The Balaban J connectivity index is 2.42. The first-order valence-corrected chi connectivity index (χ1v) is 8.85. The summed E-state index contributed by atoms with van der Waals surface area (Å²) >= 11 is 0. The number of aliphatic carboxylic acids is 1. The molecule has 3 rings (SSSR count). The van der Waals surface area contributed by atoms with E-state index in [1.54, 1.807) is 0 Å². The number of aromatic hydroxyl groups is 2. The number of hydrogen-bond donors (Lipinski definition) is 6. The second-order valence-corrected chi connectivity index (χ2v) is 6.69. The Bertz CT molecular complexity index is 1300. The number of rotatable bonds is 5. The summed E-state index contributed by atoms with van der Waals surface area (Å²) in [6.07, 6.45) is 3.33. The Labute approximate surface area is 179 Å². The molecule has 0 atom stereocenters. The van der Waals surface area contributed by atoms with E-state index in [-0.39, 0.29) is 28.0 Å². The summed E-state index contributed by atoms with van der Waals surface area (Å²) in [5.74, 6) is -6.41. The van der Waals surface area contributed by atoms with Gasteiger partial charge in [0.05, 0.1) is 5.69 Å². The molecule has 0 heterocycles. The molecule has 10 heteroatoms. The Morgan fingerprint density at radius 3 is 2.00 bits per heavy atom. The molecule has 0 saturated heterocycles. The maximum Gasteiger partial charge on any atom is 0.339 e. The highest BCUT2D eigenvalue weighted by atomic mass is 16.4. The van der Waals surface area contributed by atoms with E-state index in [0.29, 0.717) is 0 Å². The van der Waals surface area contributed by atoms with Gasteiger partial charge in [0.25, 0.3) is 0 Å². The zero-order valence-electron chi connectivity index (χ0n) is 16.1. The quantitative estimate of drug-likeness (QED) is 0.229. The van der Waals surface area contributed by atoms with Crippen LogP contribution in [0.15, 0.2) is 59.7 Å². The monoisotopic (exact) mass is 437 g/mol. The van der Waals surface area contributed by atoms with E-state index in [4.69, 9.17) is 5.73 Å². The summed E-state index contributed by atoms with van der Waals surface area (Å²) in [7, 11) is 0. The van der Waals surface area contributed by atoms with Crippen molar-refractivity contribution < 1.29 is 44.7 Å². The first-order chi connectivity index (χ1) is 15.0. The number of carboxylic acids is 3. The van der Waals surface area contributed by atoms with E-state index >= 15 is 0 Å². The summed E-state index contributed by atoms with van der Waals surface area (Å²) in [6.45, 7) is 0. The number of anilines is 1. The molecular weight excluding hydrogens is 422 g/mol. The van der Waals surface area contributed by atoms with Gasteiger partial charge in [-0.05, 0) is 58.7 Å². The Morgan fingerprint density at radius 1 is 0.781 bits per heavy atom. The van der Waals surface area contributed by atoms with E-state index in [2.05, 4.69) is 0 Å². The Hall–Kier alpha value is -4.86. The van der Waals surface area contributed by atoms with Crippen molar-refractivity contribution in [1.82, 2.24) is 0 Å². The minimum Gasteiger partial charge on any atom is -0.507 e. The number of aromatic carboxylic acids is 2. The van der Waals surface area contributed by atoms with Crippen molar-refractivity contribution in [2.75, 3.05) is 5.73 Å². The molecule has 32 heavy (non-hydrogen) atoms. The van der Waals surface area contributed by atoms with Crippen molar-refractivity contribution in [3.63, 3.8) is 0 Å². The van der Waals surface area contributed by atoms with Crippen LogP contribution >= 0.6 is 0 Å². The van der Waals surface area contributed by atoms with Gasteiger partial charge < -0.3 is 31.3 Å². The van der Waals surface area contributed by atoms with Crippen LogP contribution in [0, 0.1) is 0 Å². The third-order valence-corrected chi connectivity index (χ3v) is 4.67. The second-order valence-electron chi connectivity index (χ2n) is 6.69. The van der Waals surface area contributed by atoms with Crippen LogP contribution in [-0.4, -0.2) is 49.2 Å². The first kappa shape index (κ1) is 21.8. The lowest BCUT2D eigenvalue weighted by Gasteiger charge is -2.17. The lowest BCUT2D eigenvalue weighted by molar-refractivity contribution is -0.134. The van der Waals surface area contributed by atoms with Crippen LogP contribution in [0.5, 0.6) is 11.5 Å². The average molecular weight is 437 g/mol. The molecule has 2 aromatic rings. The van der Waals surface area contributed by atoms with Crippen LogP contribution in [0.25, 0.3) is 5.57 Å². The van der Waals surface area contributed by atoms with Gasteiger partial charge in [0.15, 0.2) is 11.5 Å².